The smallest absolute Gasteiger partial charge is 0.257 e. The lowest BCUT2D eigenvalue weighted by Crippen LogP contribution is -2.46. The number of likely N-dealkylation sites (tertiary alicyclic amines) is 1. The third kappa shape index (κ3) is 4.84. The van der Waals surface area contributed by atoms with Crippen LogP contribution in [0, 0.1) is 0 Å². The Kier molecular flexibility index (Phi) is 6.67. The fraction of sp³-hybridized carbons (Fsp3) is 0.227. The van der Waals surface area contributed by atoms with Crippen molar-refractivity contribution in [2.24, 2.45) is 0 Å². The van der Waals surface area contributed by atoms with Crippen LogP contribution in [0.2, 0.25) is 5.02 Å². The van der Waals surface area contributed by atoms with E-state index in [2.05, 4.69) is 17.2 Å². The van der Waals surface area contributed by atoms with Gasteiger partial charge in [-0.3, -0.25) is 14.4 Å². The maximum absolute atomic E-state index is 12.9. The Morgan fingerprint density at radius 2 is 1.86 bits per heavy atom. The number of nitrogens with one attached hydrogen (secondary N) is 2. The number of rotatable bonds is 6. The van der Waals surface area contributed by atoms with E-state index in [1.807, 2.05) is 0 Å². The lowest BCUT2D eigenvalue weighted by molar-refractivity contribution is -0.124. The third-order valence-corrected chi connectivity index (χ3v) is 5.07. The summed E-state index contributed by atoms with van der Waals surface area (Å²) in [5.41, 5.74) is 1.39. The Bertz CT molecular complexity index is 927. The van der Waals surface area contributed by atoms with Crippen molar-refractivity contribution in [3.05, 3.63) is 77.3 Å². The Morgan fingerprint density at radius 1 is 1.14 bits per heavy atom. The fourth-order valence-electron chi connectivity index (χ4n) is 3.28. The van der Waals surface area contributed by atoms with Gasteiger partial charge in [0.05, 0.1) is 10.6 Å². The van der Waals surface area contributed by atoms with E-state index < -0.39 is 6.04 Å². The molecule has 29 heavy (non-hydrogen) atoms. The van der Waals surface area contributed by atoms with E-state index in [9.17, 15) is 14.4 Å². The van der Waals surface area contributed by atoms with Crippen LogP contribution < -0.4 is 10.6 Å². The molecule has 2 aromatic carbocycles. The first-order chi connectivity index (χ1) is 14.0. The number of benzene rings is 2. The van der Waals surface area contributed by atoms with Crippen LogP contribution in [0.4, 0.5) is 5.69 Å². The van der Waals surface area contributed by atoms with Crippen LogP contribution in [0.1, 0.15) is 33.6 Å². The molecular formula is C22H22ClN3O3. The van der Waals surface area contributed by atoms with E-state index in [4.69, 9.17) is 11.6 Å². The molecule has 2 N–H and O–H groups in total. The second kappa shape index (κ2) is 9.39. The average molecular weight is 412 g/mol. The van der Waals surface area contributed by atoms with Gasteiger partial charge in [0.2, 0.25) is 5.91 Å². The minimum atomic E-state index is -0.470. The molecule has 1 heterocycles. The number of nitrogens with zero attached hydrogens (tertiary/aromatic N) is 1. The minimum Gasteiger partial charge on any atom is -0.351 e. The van der Waals surface area contributed by atoms with E-state index in [-0.39, 0.29) is 17.7 Å². The number of hydrogen-bond acceptors (Lipinski definition) is 3. The van der Waals surface area contributed by atoms with Crippen molar-refractivity contribution in [3.8, 4) is 0 Å². The molecule has 1 fully saturated rings. The van der Waals surface area contributed by atoms with Gasteiger partial charge >= 0.3 is 0 Å². The zero-order valence-electron chi connectivity index (χ0n) is 15.9. The van der Waals surface area contributed by atoms with Gasteiger partial charge in [-0.25, -0.2) is 0 Å². The van der Waals surface area contributed by atoms with Gasteiger partial charge in [0.1, 0.15) is 6.04 Å². The van der Waals surface area contributed by atoms with Gasteiger partial charge in [-0.15, -0.1) is 6.58 Å². The number of carbonyl (C=O) groups is 3. The predicted molar refractivity (Wildman–Crippen MR) is 113 cm³/mol. The van der Waals surface area contributed by atoms with Gasteiger partial charge in [-0.2, -0.15) is 0 Å². The molecular weight excluding hydrogens is 390 g/mol. The zero-order valence-corrected chi connectivity index (χ0v) is 16.6. The first-order valence-electron chi connectivity index (χ1n) is 9.37. The summed E-state index contributed by atoms with van der Waals surface area (Å²) in [6.07, 6.45) is 3.03. The van der Waals surface area contributed by atoms with E-state index in [0.29, 0.717) is 41.3 Å². The standard InChI is InChI=1S/C22H22ClN3O3/c1-2-13-24-21(28)19-8-5-14-26(19)22(29)15-9-11-16(12-10-15)25-20(27)17-6-3-4-7-18(17)23/h2-4,6-7,9-12,19H,1,5,8,13-14H2,(H,24,28)(H,25,27)/t19-/m1/s1. The first kappa shape index (κ1) is 20.6. The SMILES string of the molecule is C=CCNC(=O)[C@H]1CCCN1C(=O)c1ccc(NC(=O)c2ccccc2Cl)cc1. The van der Waals surface area contributed by atoms with Gasteiger partial charge in [0.15, 0.2) is 0 Å². The van der Waals surface area contributed by atoms with Gasteiger partial charge in [0.25, 0.3) is 11.8 Å². The van der Waals surface area contributed by atoms with E-state index in [1.54, 1.807) is 59.5 Å². The molecule has 150 valence electrons. The van der Waals surface area contributed by atoms with Gasteiger partial charge in [-0.05, 0) is 49.2 Å². The first-order valence-corrected chi connectivity index (χ1v) is 9.74. The summed E-state index contributed by atoms with van der Waals surface area (Å²) in [7, 11) is 0. The van der Waals surface area contributed by atoms with Crippen LogP contribution in [0.5, 0.6) is 0 Å². The highest BCUT2D eigenvalue weighted by Gasteiger charge is 2.34. The molecule has 6 nitrogen and oxygen atoms in total. The monoisotopic (exact) mass is 411 g/mol. The molecule has 3 rings (SSSR count). The number of amides is 3. The molecule has 0 saturated carbocycles. The molecule has 7 heteroatoms. The minimum absolute atomic E-state index is 0.167. The number of anilines is 1. The van der Waals surface area contributed by atoms with Crippen molar-refractivity contribution in [1.29, 1.82) is 0 Å². The topological polar surface area (TPSA) is 78.5 Å². The molecule has 0 aromatic heterocycles. The Morgan fingerprint density at radius 3 is 2.55 bits per heavy atom. The van der Waals surface area contributed by atoms with Crippen molar-refractivity contribution >= 4 is 35.0 Å². The highest BCUT2D eigenvalue weighted by molar-refractivity contribution is 6.34. The Hall–Kier alpha value is -3.12. The summed E-state index contributed by atoms with van der Waals surface area (Å²) >= 11 is 6.05. The summed E-state index contributed by atoms with van der Waals surface area (Å²) in [6, 6.07) is 12.9. The van der Waals surface area contributed by atoms with Crippen LogP contribution in [0.3, 0.4) is 0 Å². The quantitative estimate of drug-likeness (QED) is 0.714. The highest BCUT2D eigenvalue weighted by Crippen LogP contribution is 2.22. The number of halogens is 1. The van der Waals surface area contributed by atoms with Crippen molar-refractivity contribution in [2.45, 2.75) is 18.9 Å². The molecule has 2 aromatic rings. The molecule has 1 saturated heterocycles. The van der Waals surface area contributed by atoms with Crippen molar-refractivity contribution < 1.29 is 14.4 Å². The summed E-state index contributed by atoms with van der Waals surface area (Å²) in [5, 5.41) is 5.88. The predicted octanol–water partition coefficient (Wildman–Crippen LogP) is 3.50. The fourth-order valence-corrected chi connectivity index (χ4v) is 3.50. The normalized spacial score (nSPS) is 15.6. The van der Waals surface area contributed by atoms with Gasteiger partial charge < -0.3 is 15.5 Å². The van der Waals surface area contributed by atoms with E-state index >= 15 is 0 Å². The van der Waals surface area contributed by atoms with Gasteiger partial charge in [0, 0.05) is 24.3 Å². The van der Waals surface area contributed by atoms with Crippen molar-refractivity contribution in [2.75, 3.05) is 18.4 Å². The van der Waals surface area contributed by atoms with Crippen LogP contribution >= 0.6 is 11.6 Å². The van der Waals surface area contributed by atoms with Crippen molar-refractivity contribution in [1.82, 2.24) is 10.2 Å². The number of carbonyl (C=O) groups excluding carboxylic acids is 3. The van der Waals surface area contributed by atoms with Crippen molar-refractivity contribution in [3.63, 3.8) is 0 Å². The molecule has 1 atom stereocenters. The molecule has 0 aliphatic carbocycles. The van der Waals surface area contributed by atoms with Crippen LogP contribution in [-0.2, 0) is 4.79 Å². The molecule has 3 amide bonds. The second-order valence-corrected chi connectivity index (χ2v) is 7.11. The van der Waals surface area contributed by atoms with Gasteiger partial charge in [-0.1, -0.05) is 29.8 Å². The molecule has 1 aliphatic rings. The maximum atomic E-state index is 12.9. The molecule has 0 bridgehead atoms. The van der Waals surface area contributed by atoms with E-state index in [0.717, 1.165) is 6.42 Å². The molecule has 1 aliphatic heterocycles. The van der Waals surface area contributed by atoms with Crippen LogP contribution in [0.15, 0.2) is 61.2 Å². The molecule has 0 spiro atoms. The van der Waals surface area contributed by atoms with Crippen LogP contribution in [-0.4, -0.2) is 41.8 Å². The largest absolute Gasteiger partial charge is 0.351 e. The lowest BCUT2D eigenvalue weighted by Gasteiger charge is -2.24. The summed E-state index contributed by atoms with van der Waals surface area (Å²) in [6.45, 7) is 4.49. The number of hydrogen-bond donors (Lipinski definition) is 2. The summed E-state index contributed by atoms with van der Waals surface area (Å²) in [4.78, 5) is 39.1. The zero-order chi connectivity index (χ0) is 20.8. The molecule has 0 unspecified atom stereocenters. The van der Waals surface area contributed by atoms with E-state index in [1.165, 1.54) is 0 Å². The maximum Gasteiger partial charge on any atom is 0.257 e. The Balaban J connectivity index is 1.67. The Labute approximate surface area is 174 Å². The van der Waals surface area contributed by atoms with Crippen LogP contribution in [0.25, 0.3) is 0 Å². The lowest BCUT2D eigenvalue weighted by atomic mass is 10.1. The molecule has 0 radical (unpaired) electrons. The summed E-state index contributed by atoms with van der Waals surface area (Å²) < 4.78 is 0. The third-order valence-electron chi connectivity index (χ3n) is 4.75. The highest BCUT2D eigenvalue weighted by atomic mass is 35.5. The average Bonchev–Trinajstić information content (AvgIpc) is 3.22. The summed E-state index contributed by atoms with van der Waals surface area (Å²) in [5.74, 6) is -0.697. The second-order valence-electron chi connectivity index (χ2n) is 6.70.